The Labute approximate surface area is 193 Å². The van der Waals surface area contributed by atoms with Gasteiger partial charge in [-0.3, -0.25) is 9.89 Å². The van der Waals surface area contributed by atoms with Crippen LogP contribution in [-0.2, 0) is 11.3 Å². The molecule has 6 heteroatoms. The van der Waals surface area contributed by atoms with Gasteiger partial charge >= 0.3 is 0 Å². The van der Waals surface area contributed by atoms with Crippen LogP contribution in [0.5, 0.6) is 0 Å². The van der Waals surface area contributed by atoms with Crippen LogP contribution in [0.1, 0.15) is 44.2 Å². The van der Waals surface area contributed by atoms with Crippen molar-refractivity contribution in [1.29, 1.82) is 0 Å². The fraction of sp³-hybridized carbons (Fsp3) is 0.696. The molecule has 3 aliphatic rings. The molecule has 0 bridgehead atoms. The van der Waals surface area contributed by atoms with Gasteiger partial charge in [0.05, 0.1) is 6.10 Å². The van der Waals surface area contributed by atoms with E-state index in [2.05, 4.69) is 65.6 Å². The van der Waals surface area contributed by atoms with Gasteiger partial charge in [-0.25, -0.2) is 0 Å². The van der Waals surface area contributed by atoms with E-state index in [0.29, 0.717) is 24.1 Å². The quantitative estimate of drug-likeness (QED) is 0.368. The van der Waals surface area contributed by atoms with Crippen LogP contribution in [0.2, 0.25) is 0 Å². The zero-order valence-electron chi connectivity index (χ0n) is 18.3. The summed E-state index contributed by atoms with van der Waals surface area (Å²) in [4.78, 5) is 7.10. The summed E-state index contributed by atoms with van der Waals surface area (Å²) in [5, 5.41) is 7.41. The Hall–Kier alpha value is -0.860. The minimum Gasteiger partial charge on any atom is -0.377 e. The molecule has 2 N–H and O–H groups in total. The van der Waals surface area contributed by atoms with Gasteiger partial charge < -0.3 is 15.4 Å². The van der Waals surface area contributed by atoms with E-state index in [1.165, 1.54) is 17.5 Å². The molecule has 0 spiro atoms. The Kier molecular flexibility index (Phi) is 7.49. The number of likely N-dealkylation sites (tertiary alicyclic amines) is 1. The molecule has 3 unspecified atom stereocenters. The van der Waals surface area contributed by atoms with Crippen LogP contribution in [0.25, 0.3) is 0 Å². The summed E-state index contributed by atoms with van der Waals surface area (Å²) < 4.78 is 5.93. The van der Waals surface area contributed by atoms with E-state index in [9.17, 15) is 0 Å². The molecule has 2 heterocycles. The van der Waals surface area contributed by atoms with Gasteiger partial charge in [0.15, 0.2) is 5.96 Å². The normalized spacial score (nSPS) is 29.5. The second-order valence-electron chi connectivity index (χ2n) is 9.38. The Morgan fingerprint density at radius 1 is 1.17 bits per heavy atom. The first-order valence-corrected chi connectivity index (χ1v) is 10.9. The average molecular weight is 512 g/mol. The monoisotopic (exact) mass is 512 g/mol. The van der Waals surface area contributed by atoms with Gasteiger partial charge in [-0.15, -0.1) is 24.0 Å². The van der Waals surface area contributed by atoms with E-state index in [0.717, 1.165) is 45.0 Å². The molecule has 0 amide bonds. The SMILES string of the molecule is CN=C(NC1CCN(Cc2ccccc2C)CC1)NC1C2CCOC2C1(C)C.I. The highest BCUT2D eigenvalue weighted by Gasteiger charge is 2.59. The first-order chi connectivity index (χ1) is 13.5. The molecule has 0 radical (unpaired) electrons. The maximum atomic E-state index is 5.93. The second-order valence-corrected chi connectivity index (χ2v) is 9.38. The molecular formula is C23H37IN4O. The van der Waals surface area contributed by atoms with E-state index in [1.807, 2.05) is 7.05 Å². The van der Waals surface area contributed by atoms with Gasteiger partial charge in [0, 0.05) is 56.7 Å². The second kappa shape index (κ2) is 9.52. The Morgan fingerprint density at radius 2 is 1.90 bits per heavy atom. The van der Waals surface area contributed by atoms with E-state index < -0.39 is 0 Å². The number of aliphatic imine (C=N–C) groups is 1. The molecule has 29 heavy (non-hydrogen) atoms. The molecule has 1 aromatic carbocycles. The van der Waals surface area contributed by atoms with Crippen LogP contribution in [0, 0.1) is 18.3 Å². The highest BCUT2D eigenvalue weighted by Crippen LogP contribution is 2.52. The third-order valence-electron chi connectivity index (χ3n) is 7.20. The zero-order valence-corrected chi connectivity index (χ0v) is 20.6. The van der Waals surface area contributed by atoms with Crippen LogP contribution >= 0.6 is 24.0 Å². The molecule has 2 saturated heterocycles. The lowest BCUT2D eigenvalue weighted by atomic mass is 9.57. The largest absolute Gasteiger partial charge is 0.377 e. The number of nitrogens with one attached hydrogen (secondary N) is 2. The van der Waals surface area contributed by atoms with E-state index in [4.69, 9.17) is 4.74 Å². The molecule has 162 valence electrons. The number of piperidine rings is 1. The number of ether oxygens (including phenoxy) is 1. The smallest absolute Gasteiger partial charge is 0.191 e. The van der Waals surface area contributed by atoms with Crippen LogP contribution in [0.4, 0.5) is 0 Å². The van der Waals surface area contributed by atoms with Gasteiger partial charge in [-0.05, 0) is 37.3 Å². The third kappa shape index (κ3) is 4.74. The molecule has 1 aromatic rings. The highest BCUT2D eigenvalue weighted by molar-refractivity contribution is 14.0. The Bertz CT molecular complexity index is 715. The minimum absolute atomic E-state index is 0. The fourth-order valence-corrected chi connectivity index (χ4v) is 5.39. The maximum absolute atomic E-state index is 5.93. The van der Waals surface area contributed by atoms with E-state index >= 15 is 0 Å². The molecule has 1 aliphatic carbocycles. The number of halogens is 1. The van der Waals surface area contributed by atoms with Crippen molar-refractivity contribution in [2.75, 3.05) is 26.7 Å². The summed E-state index contributed by atoms with van der Waals surface area (Å²) in [7, 11) is 1.89. The number of nitrogens with zero attached hydrogens (tertiary/aromatic N) is 2. The van der Waals surface area contributed by atoms with Gasteiger partial charge in [-0.1, -0.05) is 38.1 Å². The number of guanidine groups is 1. The lowest BCUT2D eigenvalue weighted by molar-refractivity contribution is -0.106. The minimum atomic E-state index is 0. The molecule has 5 nitrogen and oxygen atoms in total. The van der Waals surface area contributed by atoms with Gasteiger partial charge in [0.2, 0.25) is 0 Å². The predicted octanol–water partition coefficient (Wildman–Crippen LogP) is 3.56. The number of hydrogen-bond acceptors (Lipinski definition) is 3. The van der Waals surface area contributed by atoms with Crippen LogP contribution in [0.15, 0.2) is 29.3 Å². The molecule has 3 atom stereocenters. The van der Waals surface area contributed by atoms with Gasteiger partial charge in [-0.2, -0.15) is 0 Å². The summed E-state index contributed by atoms with van der Waals surface area (Å²) in [5.74, 6) is 1.59. The van der Waals surface area contributed by atoms with Crippen LogP contribution < -0.4 is 10.6 Å². The summed E-state index contributed by atoms with van der Waals surface area (Å²) >= 11 is 0. The number of rotatable bonds is 4. The highest BCUT2D eigenvalue weighted by atomic mass is 127. The Balaban J connectivity index is 0.00000240. The number of hydrogen-bond donors (Lipinski definition) is 2. The average Bonchev–Trinajstić information content (AvgIpc) is 3.15. The molecule has 2 aliphatic heterocycles. The predicted molar refractivity (Wildman–Crippen MR) is 130 cm³/mol. The summed E-state index contributed by atoms with van der Waals surface area (Å²) in [6.45, 7) is 11.1. The van der Waals surface area contributed by atoms with Crippen LogP contribution in [0.3, 0.4) is 0 Å². The molecule has 1 saturated carbocycles. The molecule has 4 rings (SSSR count). The summed E-state index contributed by atoms with van der Waals surface area (Å²) in [6, 6.07) is 9.68. The lowest BCUT2D eigenvalue weighted by Gasteiger charge is -2.55. The first-order valence-electron chi connectivity index (χ1n) is 10.9. The number of benzene rings is 1. The van der Waals surface area contributed by atoms with Crippen molar-refractivity contribution in [2.24, 2.45) is 16.3 Å². The summed E-state index contributed by atoms with van der Waals surface area (Å²) in [5.41, 5.74) is 3.02. The molecule has 3 fully saturated rings. The molecular weight excluding hydrogens is 475 g/mol. The van der Waals surface area contributed by atoms with Crippen molar-refractivity contribution in [1.82, 2.24) is 15.5 Å². The first kappa shape index (κ1) is 22.8. The zero-order chi connectivity index (χ0) is 19.7. The summed E-state index contributed by atoms with van der Waals surface area (Å²) in [6.07, 6.45) is 3.90. The maximum Gasteiger partial charge on any atom is 0.191 e. The van der Waals surface area contributed by atoms with Crippen LogP contribution in [-0.4, -0.2) is 55.8 Å². The molecule has 0 aromatic heterocycles. The standard InChI is InChI=1S/C23H36N4O.HI/c1-16-7-5-6-8-17(16)15-27-12-9-18(10-13-27)25-22(24-4)26-20-19-11-14-28-21(19)23(20,2)3;/h5-8,18-21H,9-15H2,1-4H3,(H2,24,25,26);1H. The lowest BCUT2D eigenvalue weighted by Crippen LogP contribution is -2.68. The van der Waals surface area contributed by atoms with Crippen molar-refractivity contribution in [3.05, 3.63) is 35.4 Å². The fourth-order valence-electron chi connectivity index (χ4n) is 5.39. The van der Waals surface area contributed by atoms with Crippen molar-refractivity contribution < 1.29 is 4.74 Å². The van der Waals surface area contributed by atoms with Crippen molar-refractivity contribution in [2.45, 2.75) is 64.8 Å². The third-order valence-corrected chi connectivity index (χ3v) is 7.20. The topological polar surface area (TPSA) is 48.9 Å². The number of fused-ring (bicyclic) bond motifs is 1. The van der Waals surface area contributed by atoms with Crippen molar-refractivity contribution in [3.8, 4) is 0 Å². The van der Waals surface area contributed by atoms with Crippen molar-refractivity contribution >= 4 is 29.9 Å². The van der Waals surface area contributed by atoms with Crippen molar-refractivity contribution in [3.63, 3.8) is 0 Å². The van der Waals surface area contributed by atoms with Gasteiger partial charge in [0.25, 0.3) is 0 Å². The van der Waals surface area contributed by atoms with Gasteiger partial charge in [0.1, 0.15) is 0 Å². The van der Waals surface area contributed by atoms with E-state index in [-0.39, 0.29) is 29.4 Å². The van der Waals surface area contributed by atoms with E-state index in [1.54, 1.807) is 0 Å². The number of aryl methyl sites for hydroxylation is 1. The Morgan fingerprint density at radius 3 is 2.59 bits per heavy atom.